The number of nitrogens with one attached hydrogen (secondary N) is 1. The average molecular weight is 300 g/mol. The molecule has 0 saturated carbocycles. The third-order valence-electron chi connectivity index (χ3n) is 3.23. The minimum Gasteiger partial charge on any atom is -0.486 e. The minimum atomic E-state index is -0.303. The summed E-state index contributed by atoms with van der Waals surface area (Å²) in [5.41, 5.74) is 3.77. The summed E-state index contributed by atoms with van der Waals surface area (Å²) >= 11 is 0. The van der Waals surface area contributed by atoms with Crippen molar-refractivity contribution in [2.45, 2.75) is 13.8 Å². The van der Waals surface area contributed by atoms with Gasteiger partial charge in [0.2, 0.25) is 0 Å². The van der Waals surface area contributed by atoms with Gasteiger partial charge in [0.25, 0.3) is 5.91 Å². The maximum Gasteiger partial charge on any atom is 0.274 e. The second-order valence-electron chi connectivity index (χ2n) is 4.93. The summed E-state index contributed by atoms with van der Waals surface area (Å²) in [5.74, 6) is 2.37. The van der Waals surface area contributed by atoms with E-state index in [2.05, 4.69) is 10.5 Å². The van der Waals surface area contributed by atoms with Crippen molar-refractivity contribution in [2.75, 3.05) is 13.2 Å². The maximum atomic E-state index is 12.0. The van der Waals surface area contributed by atoms with Crippen molar-refractivity contribution in [3.05, 3.63) is 46.9 Å². The van der Waals surface area contributed by atoms with Gasteiger partial charge in [0.05, 0.1) is 11.8 Å². The van der Waals surface area contributed by atoms with Crippen LogP contribution in [-0.4, -0.2) is 25.3 Å². The molecule has 1 N–H and O–H groups in total. The second-order valence-corrected chi connectivity index (χ2v) is 4.93. The fourth-order valence-corrected chi connectivity index (χ4v) is 2.22. The Bertz CT molecular complexity index is 734. The smallest absolute Gasteiger partial charge is 0.274 e. The molecule has 1 aliphatic heterocycles. The Hall–Kier alpha value is -2.76. The van der Waals surface area contributed by atoms with Gasteiger partial charge in [-0.2, -0.15) is 5.10 Å². The number of ether oxygens (including phenoxy) is 2. The fraction of sp³-hybridized carbons (Fsp3) is 0.250. The van der Waals surface area contributed by atoms with Gasteiger partial charge in [-0.25, -0.2) is 5.43 Å². The lowest BCUT2D eigenvalue weighted by atomic mass is 10.2. The van der Waals surface area contributed by atoms with Crippen LogP contribution in [0.5, 0.6) is 11.5 Å². The predicted molar refractivity (Wildman–Crippen MR) is 80.7 cm³/mol. The number of benzene rings is 1. The summed E-state index contributed by atoms with van der Waals surface area (Å²) in [6.07, 6.45) is 1.55. The number of hydrazone groups is 1. The number of hydrogen-bond acceptors (Lipinski definition) is 5. The van der Waals surface area contributed by atoms with Gasteiger partial charge in [-0.15, -0.1) is 0 Å². The quantitative estimate of drug-likeness (QED) is 0.698. The molecule has 1 aromatic heterocycles. The van der Waals surface area contributed by atoms with Crippen LogP contribution in [0.25, 0.3) is 0 Å². The first-order valence-electron chi connectivity index (χ1n) is 6.93. The molecule has 0 saturated heterocycles. The van der Waals surface area contributed by atoms with Crippen molar-refractivity contribution in [3.63, 3.8) is 0 Å². The molecule has 0 aliphatic carbocycles. The van der Waals surface area contributed by atoms with E-state index in [1.54, 1.807) is 26.1 Å². The van der Waals surface area contributed by atoms with Crippen molar-refractivity contribution < 1.29 is 18.7 Å². The van der Waals surface area contributed by atoms with Crippen molar-refractivity contribution in [1.82, 2.24) is 5.43 Å². The largest absolute Gasteiger partial charge is 0.486 e. The number of aryl methyl sites for hydroxylation is 2. The highest BCUT2D eigenvalue weighted by molar-refractivity contribution is 5.95. The zero-order valence-corrected chi connectivity index (χ0v) is 12.4. The highest BCUT2D eigenvalue weighted by Gasteiger charge is 2.13. The molecule has 0 radical (unpaired) electrons. The SMILES string of the molecule is Cc1cc(C(=O)N/N=C/c2ccc3c(c2)OCCO3)c(C)o1. The predicted octanol–water partition coefficient (Wildman–Crippen LogP) is 2.43. The number of fused-ring (bicyclic) bond motifs is 1. The number of amides is 1. The van der Waals surface area contributed by atoms with Gasteiger partial charge in [-0.1, -0.05) is 0 Å². The zero-order chi connectivity index (χ0) is 15.5. The van der Waals surface area contributed by atoms with Crippen LogP contribution in [0, 0.1) is 13.8 Å². The number of carbonyl (C=O) groups is 1. The maximum absolute atomic E-state index is 12.0. The van der Waals surface area contributed by atoms with Crippen molar-refractivity contribution >= 4 is 12.1 Å². The van der Waals surface area contributed by atoms with E-state index in [1.807, 2.05) is 18.2 Å². The normalized spacial score (nSPS) is 13.4. The zero-order valence-electron chi connectivity index (χ0n) is 12.4. The molecule has 6 nitrogen and oxygen atoms in total. The second kappa shape index (κ2) is 5.93. The van der Waals surface area contributed by atoms with Crippen molar-refractivity contribution in [2.24, 2.45) is 5.10 Å². The number of nitrogens with zero attached hydrogens (tertiary/aromatic N) is 1. The molecule has 3 rings (SSSR count). The summed E-state index contributed by atoms with van der Waals surface area (Å²) < 4.78 is 16.3. The molecule has 1 amide bonds. The monoisotopic (exact) mass is 300 g/mol. The standard InChI is InChI=1S/C16H16N2O4/c1-10-7-13(11(2)22-10)16(19)18-17-9-12-3-4-14-15(8-12)21-6-5-20-14/h3-4,7-9H,5-6H2,1-2H3,(H,18,19)/b17-9+. The van der Waals surface area contributed by atoms with E-state index in [-0.39, 0.29) is 5.91 Å². The molecule has 22 heavy (non-hydrogen) atoms. The molecule has 2 aromatic rings. The Balaban J connectivity index is 1.67. The molecule has 0 spiro atoms. The number of furan rings is 1. The Labute approximate surface area is 127 Å². The molecular formula is C16H16N2O4. The van der Waals surface area contributed by atoms with Gasteiger partial charge >= 0.3 is 0 Å². The first kappa shape index (κ1) is 14.2. The van der Waals surface area contributed by atoms with Gasteiger partial charge in [0, 0.05) is 0 Å². The Kier molecular flexibility index (Phi) is 3.82. The molecule has 6 heteroatoms. The molecule has 1 aliphatic rings. The number of rotatable bonds is 3. The lowest BCUT2D eigenvalue weighted by Crippen LogP contribution is -2.18. The summed E-state index contributed by atoms with van der Waals surface area (Å²) in [5, 5.41) is 3.95. The molecule has 0 fully saturated rings. The van der Waals surface area contributed by atoms with Crippen LogP contribution in [0.1, 0.15) is 27.4 Å². The highest BCUT2D eigenvalue weighted by Crippen LogP contribution is 2.30. The van der Waals surface area contributed by atoms with E-state index in [1.165, 1.54) is 0 Å². The summed E-state index contributed by atoms with van der Waals surface area (Å²) in [6.45, 7) is 4.62. The third kappa shape index (κ3) is 2.95. The van der Waals surface area contributed by atoms with E-state index in [4.69, 9.17) is 13.9 Å². The van der Waals surface area contributed by atoms with Crippen LogP contribution in [0.4, 0.5) is 0 Å². The molecular weight excluding hydrogens is 284 g/mol. The van der Waals surface area contributed by atoms with Gasteiger partial charge < -0.3 is 13.9 Å². The Morgan fingerprint density at radius 2 is 1.95 bits per heavy atom. The molecule has 0 bridgehead atoms. The fourth-order valence-electron chi connectivity index (χ4n) is 2.22. The number of carbonyl (C=O) groups excluding carboxylic acids is 1. The van der Waals surface area contributed by atoms with Crippen molar-refractivity contribution in [1.29, 1.82) is 0 Å². The third-order valence-corrected chi connectivity index (χ3v) is 3.23. The lowest BCUT2D eigenvalue weighted by Gasteiger charge is -2.18. The molecule has 0 unspecified atom stereocenters. The molecule has 1 aromatic carbocycles. The molecule has 114 valence electrons. The van der Waals surface area contributed by atoms with Crippen LogP contribution >= 0.6 is 0 Å². The van der Waals surface area contributed by atoms with Crippen molar-refractivity contribution in [3.8, 4) is 11.5 Å². The van der Waals surface area contributed by atoms with Crippen LogP contribution in [0.3, 0.4) is 0 Å². The van der Waals surface area contributed by atoms with Crippen LogP contribution < -0.4 is 14.9 Å². The van der Waals surface area contributed by atoms with E-state index >= 15 is 0 Å². The summed E-state index contributed by atoms with van der Waals surface area (Å²) in [6, 6.07) is 7.17. The lowest BCUT2D eigenvalue weighted by molar-refractivity contribution is 0.0953. The highest BCUT2D eigenvalue weighted by atomic mass is 16.6. The van der Waals surface area contributed by atoms with Crippen LogP contribution in [-0.2, 0) is 0 Å². The van der Waals surface area contributed by atoms with Crippen LogP contribution in [0.2, 0.25) is 0 Å². The van der Waals surface area contributed by atoms with Gasteiger partial charge in [-0.3, -0.25) is 4.79 Å². The summed E-state index contributed by atoms with van der Waals surface area (Å²) in [4.78, 5) is 12.0. The van der Waals surface area contributed by atoms with Gasteiger partial charge in [0.15, 0.2) is 11.5 Å². The molecule has 2 heterocycles. The number of hydrogen-bond donors (Lipinski definition) is 1. The van der Waals surface area contributed by atoms with E-state index < -0.39 is 0 Å². The minimum absolute atomic E-state index is 0.303. The first-order valence-corrected chi connectivity index (χ1v) is 6.93. The summed E-state index contributed by atoms with van der Waals surface area (Å²) in [7, 11) is 0. The first-order chi connectivity index (χ1) is 10.6. The Morgan fingerprint density at radius 1 is 1.18 bits per heavy atom. The Morgan fingerprint density at radius 3 is 2.68 bits per heavy atom. The van der Waals surface area contributed by atoms with E-state index in [0.717, 1.165) is 11.3 Å². The average Bonchev–Trinajstić information content (AvgIpc) is 2.86. The topological polar surface area (TPSA) is 73.1 Å². The van der Waals surface area contributed by atoms with E-state index in [9.17, 15) is 4.79 Å². The van der Waals surface area contributed by atoms with Gasteiger partial charge in [0.1, 0.15) is 24.7 Å². The van der Waals surface area contributed by atoms with Crippen LogP contribution in [0.15, 0.2) is 33.8 Å². The van der Waals surface area contributed by atoms with Gasteiger partial charge in [-0.05, 0) is 43.7 Å². The van der Waals surface area contributed by atoms with E-state index in [0.29, 0.717) is 36.0 Å². The molecule has 0 atom stereocenters.